The molecule has 0 atom stereocenters. The number of urea groups is 1. The molecule has 1 aromatic heterocycles. The Labute approximate surface area is 97.2 Å². The predicted molar refractivity (Wildman–Crippen MR) is 62.8 cm³/mol. The minimum atomic E-state index is -0.0463. The van der Waals surface area contributed by atoms with Crippen LogP contribution in [0.2, 0.25) is 5.02 Å². The highest BCUT2D eigenvalue weighted by Gasteiger charge is 2.16. The Balaban J connectivity index is 1.91. The Morgan fingerprint density at radius 3 is 2.87 bits per heavy atom. The molecule has 4 nitrogen and oxygen atoms in total. The number of piperazine rings is 1. The zero-order valence-corrected chi connectivity index (χ0v) is 9.70. The van der Waals surface area contributed by atoms with Crippen LogP contribution in [0, 0.1) is 0 Å². The van der Waals surface area contributed by atoms with Crippen LogP contribution in [0.5, 0.6) is 0 Å². The third kappa shape index (κ3) is 2.84. The number of anilines is 1. The van der Waals surface area contributed by atoms with E-state index in [1.54, 1.807) is 16.3 Å². The highest BCUT2D eigenvalue weighted by Crippen LogP contribution is 2.24. The topological polar surface area (TPSA) is 44.4 Å². The first kappa shape index (κ1) is 10.7. The highest BCUT2D eigenvalue weighted by atomic mass is 35.5. The van der Waals surface area contributed by atoms with E-state index in [2.05, 4.69) is 10.6 Å². The molecule has 0 bridgehead atoms. The summed E-state index contributed by atoms with van der Waals surface area (Å²) in [6.07, 6.45) is 0. The SMILES string of the molecule is O=C(Nc1cc(Cl)cs1)N1CCNCC1. The first-order valence-corrected chi connectivity index (χ1v) is 6.02. The summed E-state index contributed by atoms with van der Waals surface area (Å²) in [5.74, 6) is 0. The molecule has 0 aliphatic carbocycles. The monoisotopic (exact) mass is 245 g/mol. The molecule has 6 heteroatoms. The number of nitrogens with zero attached hydrogens (tertiary/aromatic N) is 1. The van der Waals surface area contributed by atoms with Gasteiger partial charge in [-0.25, -0.2) is 4.79 Å². The van der Waals surface area contributed by atoms with E-state index >= 15 is 0 Å². The summed E-state index contributed by atoms with van der Waals surface area (Å²) < 4.78 is 0. The van der Waals surface area contributed by atoms with Crippen LogP contribution in [0.15, 0.2) is 11.4 Å². The number of carbonyl (C=O) groups excluding carboxylic acids is 1. The van der Waals surface area contributed by atoms with Crippen molar-refractivity contribution in [2.45, 2.75) is 0 Å². The molecule has 15 heavy (non-hydrogen) atoms. The van der Waals surface area contributed by atoms with Crippen molar-refractivity contribution in [1.29, 1.82) is 0 Å². The van der Waals surface area contributed by atoms with E-state index in [4.69, 9.17) is 11.6 Å². The molecule has 2 rings (SSSR count). The molecule has 0 unspecified atom stereocenters. The second-order valence-electron chi connectivity index (χ2n) is 3.30. The van der Waals surface area contributed by atoms with Gasteiger partial charge in [0.15, 0.2) is 0 Å². The lowest BCUT2D eigenvalue weighted by Gasteiger charge is -2.27. The number of hydrogen-bond donors (Lipinski definition) is 2. The van der Waals surface area contributed by atoms with Crippen molar-refractivity contribution < 1.29 is 4.79 Å². The zero-order chi connectivity index (χ0) is 10.7. The maximum Gasteiger partial charge on any atom is 0.322 e. The van der Waals surface area contributed by atoms with Crippen molar-refractivity contribution in [2.24, 2.45) is 0 Å². The number of amides is 2. The maximum atomic E-state index is 11.7. The van der Waals surface area contributed by atoms with Gasteiger partial charge in [-0.15, -0.1) is 11.3 Å². The Hall–Kier alpha value is -0.780. The van der Waals surface area contributed by atoms with E-state index in [0.717, 1.165) is 31.2 Å². The Morgan fingerprint density at radius 2 is 2.27 bits per heavy atom. The molecular weight excluding hydrogens is 234 g/mol. The number of thiophene rings is 1. The van der Waals surface area contributed by atoms with E-state index < -0.39 is 0 Å². The Kier molecular flexibility index (Phi) is 3.45. The van der Waals surface area contributed by atoms with Gasteiger partial charge in [0.1, 0.15) is 0 Å². The second kappa shape index (κ2) is 4.83. The summed E-state index contributed by atoms with van der Waals surface area (Å²) in [6.45, 7) is 3.23. The van der Waals surface area contributed by atoms with Gasteiger partial charge < -0.3 is 10.2 Å². The normalized spacial score (nSPS) is 16.5. The van der Waals surface area contributed by atoms with Crippen molar-refractivity contribution in [3.05, 3.63) is 16.5 Å². The van der Waals surface area contributed by atoms with E-state index in [1.165, 1.54) is 11.3 Å². The molecule has 0 radical (unpaired) electrons. The van der Waals surface area contributed by atoms with Gasteiger partial charge in [0.2, 0.25) is 0 Å². The average molecular weight is 246 g/mol. The number of nitrogens with one attached hydrogen (secondary N) is 2. The average Bonchev–Trinajstić information content (AvgIpc) is 2.65. The quantitative estimate of drug-likeness (QED) is 0.793. The van der Waals surface area contributed by atoms with Crippen LogP contribution < -0.4 is 10.6 Å². The molecular formula is C9H12ClN3OS. The first-order chi connectivity index (χ1) is 7.25. The predicted octanol–water partition coefficient (Wildman–Crippen LogP) is 1.84. The van der Waals surface area contributed by atoms with Gasteiger partial charge in [-0.3, -0.25) is 5.32 Å². The van der Waals surface area contributed by atoms with Crippen molar-refractivity contribution in [1.82, 2.24) is 10.2 Å². The summed E-state index contributed by atoms with van der Waals surface area (Å²) >= 11 is 7.20. The first-order valence-electron chi connectivity index (χ1n) is 4.76. The minimum Gasteiger partial charge on any atom is -0.322 e. The van der Waals surface area contributed by atoms with E-state index in [-0.39, 0.29) is 6.03 Å². The standard InChI is InChI=1S/C9H12ClN3OS/c10-7-5-8(15-6-7)12-9(14)13-3-1-11-2-4-13/h5-6,11H,1-4H2,(H,12,14). The van der Waals surface area contributed by atoms with Crippen molar-refractivity contribution in [3.63, 3.8) is 0 Å². The number of hydrogen-bond acceptors (Lipinski definition) is 3. The molecule has 82 valence electrons. The van der Waals surface area contributed by atoms with Crippen LogP contribution in [-0.2, 0) is 0 Å². The van der Waals surface area contributed by atoms with Gasteiger partial charge in [-0.05, 0) is 6.07 Å². The van der Waals surface area contributed by atoms with Crippen LogP contribution >= 0.6 is 22.9 Å². The smallest absolute Gasteiger partial charge is 0.322 e. The fourth-order valence-corrected chi connectivity index (χ4v) is 2.39. The van der Waals surface area contributed by atoms with Crippen LogP contribution in [0.3, 0.4) is 0 Å². The zero-order valence-electron chi connectivity index (χ0n) is 8.12. The van der Waals surface area contributed by atoms with Gasteiger partial charge >= 0.3 is 6.03 Å². The Bertz CT molecular complexity index is 349. The lowest BCUT2D eigenvalue weighted by Crippen LogP contribution is -2.47. The molecule has 2 N–H and O–H groups in total. The number of carbonyl (C=O) groups is 1. The Morgan fingerprint density at radius 1 is 1.53 bits per heavy atom. The van der Waals surface area contributed by atoms with E-state index in [9.17, 15) is 4.79 Å². The molecule has 0 saturated carbocycles. The van der Waals surface area contributed by atoms with Crippen LogP contribution in [-0.4, -0.2) is 37.1 Å². The van der Waals surface area contributed by atoms with Crippen molar-refractivity contribution in [2.75, 3.05) is 31.5 Å². The summed E-state index contributed by atoms with van der Waals surface area (Å²) in [7, 11) is 0. The number of rotatable bonds is 1. The molecule has 1 fully saturated rings. The van der Waals surface area contributed by atoms with Crippen molar-refractivity contribution >= 4 is 34.0 Å². The molecule has 0 aromatic carbocycles. The van der Waals surface area contributed by atoms with Gasteiger partial charge in [-0.1, -0.05) is 11.6 Å². The van der Waals surface area contributed by atoms with E-state index in [0.29, 0.717) is 5.02 Å². The largest absolute Gasteiger partial charge is 0.322 e. The fraction of sp³-hybridized carbons (Fsp3) is 0.444. The molecule has 2 amide bonds. The van der Waals surface area contributed by atoms with Gasteiger partial charge in [0.25, 0.3) is 0 Å². The fourth-order valence-electron chi connectivity index (χ4n) is 1.43. The second-order valence-corrected chi connectivity index (χ2v) is 4.64. The lowest BCUT2D eigenvalue weighted by molar-refractivity contribution is 0.204. The number of halogens is 1. The van der Waals surface area contributed by atoms with Gasteiger partial charge in [0, 0.05) is 31.6 Å². The maximum absolute atomic E-state index is 11.7. The molecule has 1 saturated heterocycles. The third-order valence-electron chi connectivity index (χ3n) is 2.20. The summed E-state index contributed by atoms with van der Waals surface area (Å²) in [6, 6.07) is 1.71. The van der Waals surface area contributed by atoms with Gasteiger partial charge in [-0.2, -0.15) is 0 Å². The van der Waals surface area contributed by atoms with E-state index in [1.807, 2.05) is 0 Å². The molecule has 1 aliphatic rings. The summed E-state index contributed by atoms with van der Waals surface area (Å²) in [5.41, 5.74) is 0. The van der Waals surface area contributed by atoms with Crippen LogP contribution in [0.25, 0.3) is 0 Å². The van der Waals surface area contributed by atoms with Crippen LogP contribution in [0.1, 0.15) is 0 Å². The molecule has 0 spiro atoms. The summed E-state index contributed by atoms with van der Waals surface area (Å²) in [5, 5.41) is 9.28. The summed E-state index contributed by atoms with van der Waals surface area (Å²) in [4.78, 5) is 13.5. The molecule has 2 heterocycles. The third-order valence-corrected chi connectivity index (χ3v) is 3.40. The molecule has 1 aliphatic heterocycles. The highest BCUT2D eigenvalue weighted by molar-refractivity contribution is 7.14. The van der Waals surface area contributed by atoms with Crippen molar-refractivity contribution in [3.8, 4) is 0 Å². The minimum absolute atomic E-state index is 0.0463. The van der Waals surface area contributed by atoms with Crippen LogP contribution in [0.4, 0.5) is 9.80 Å². The lowest BCUT2D eigenvalue weighted by atomic mass is 10.4. The molecule has 1 aromatic rings. The van der Waals surface area contributed by atoms with Gasteiger partial charge in [0.05, 0.1) is 10.0 Å².